The highest BCUT2D eigenvalue weighted by Crippen LogP contribution is 2.49. The van der Waals surface area contributed by atoms with E-state index in [0.29, 0.717) is 45.4 Å². The molecule has 1 amide bonds. The molecule has 4 rings (SSSR count). The summed E-state index contributed by atoms with van der Waals surface area (Å²) < 4.78 is 23.2. The molecule has 32 heavy (non-hydrogen) atoms. The van der Waals surface area contributed by atoms with E-state index in [1.807, 2.05) is 13.8 Å². The number of hydrogen-bond acceptors (Lipinski definition) is 4. The molecule has 1 aliphatic heterocycles. The maximum Gasteiger partial charge on any atom is 0.238 e. The first kappa shape index (κ1) is 23.0. The number of halogens is 2. The molecular weight excluding hydrogens is 471 g/mol. The number of carbonyl (C=O) groups excluding carboxylic acids is 2. The van der Waals surface area contributed by atoms with E-state index in [4.69, 9.17) is 28.3 Å². The summed E-state index contributed by atoms with van der Waals surface area (Å²) in [4.78, 5) is 28.2. The Morgan fingerprint density at radius 3 is 2.31 bits per heavy atom. The van der Waals surface area contributed by atoms with Crippen molar-refractivity contribution in [1.29, 1.82) is 0 Å². The lowest BCUT2D eigenvalue weighted by molar-refractivity contribution is -0.121. The Morgan fingerprint density at radius 2 is 1.69 bits per heavy atom. The smallest absolute Gasteiger partial charge is 0.238 e. The Balaban J connectivity index is 1.90. The summed E-state index contributed by atoms with van der Waals surface area (Å²) in [5.74, 6) is -0.734. The number of anilines is 1. The third-order valence-corrected chi connectivity index (χ3v) is 7.69. The fraction of sp³-hybridized carbons (Fsp3) is 0.304. The van der Waals surface area contributed by atoms with E-state index in [1.165, 1.54) is 29.2 Å². The Hall–Kier alpha value is -2.19. The van der Waals surface area contributed by atoms with Gasteiger partial charge in [-0.1, -0.05) is 49.2 Å². The van der Waals surface area contributed by atoms with Gasteiger partial charge >= 0.3 is 0 Å². The highest BCUT2D eigenvalue weighted by atomic mass is 35.5. The summed E-state index contributed by atoms with van der Waals surface area (Å²) in [6.07, 6.45) is 0.903. The molecule has 0 aromatic heterocycles. The van der Waals surface area contributed by atoms with Gasteiger partial charge in [-0.05, 0) is 47.7 Å². The van der Waals surface area contributed by atoms with Crippen molar-refractivity contribution in [3.8, 4) is 0 Å². The quantitative estimate of drug-likeness (QED) is 0.664. The third-order valence-electron chi connectivity index (χ3n) is 5.92. The van der Waals surface area contributed by atoms with Gasteiger partial charge in [-0.3, -0.25) is 14.5 Å². The lowest BCUT2D eigenvalue weighted by Crippen LogP contribution is -2.43. The van der Waals surface area contributed by atoms with E-state index in [-0.39, 0.29) is 28.4 Å². The molecule has 6 nitrogen and oxygen atoms in total. The first-order valence-electron chi connectivity index (χ1n) is 10.0. The number of allylic oxidation sites excluding steroid dienone is 2. The number of nitrogens with two attached hydrogens (primary N) is 1. The van der Waals surface area contributed by atoms with Crippen molar-refractivity contribution in [2.75, 3.05) is 4.90 Å². The van der Waals surface area contributed by atoms with Crippen LogP contribution in [0, 0.1) is 5.41 Å². The highest BCUT2D eigenvalue weighted by molar-refractivity contribution is 7.89. The van der Waals surface area contributed by atoms with Crippen LogP contribution >= 0.6 is 23.2 Å². The molecule has 1 heterocycles. The molecule has 0 saturated heterocycles. The third kappa shape index (κ3) is 4.10. The number of sulfonamides is 1. The number of amides is 1. The molecule has 0 fully saturated rings. The van der Waals surface area contributed by atoms with Crippen LogP contribution < -0.4 is 10.0 Å². The van der Waals surface area contributed by atoms with Crippen LogP contribution in [0.25, 0.3) is 0 Å². The predicted molar refractivity (Wildman–Crippen MR) is 124 cm³/mol. The maximum absolute atomic E-state index is 13.4. The fourth-order valence-corrected chi connectivity index (χ4v) is 5.51. The summed E-state index contributed by atoms with van der Waals surface area (Å²) >= 11 is 12.7. The standard InChI is InChI=1S/C23H22Cl2N2O4S/c1-23(2)11-18-21(19(28)12-23)16(15-4-3-5-17(24)22(15)25)10-20(29)27(18)13-6-8-14(9-7-13)32(26,30)31/h3-9,16H,10-12H2,1-2H3,(H2,26,30,31). The monoisotopic (exact) mass is 492 g/mol. The van der Waals surface area contributed by atoms with Crippen molar-refractivity contribution in [1.82, 2.24) is 0 Å². The fourth-order valence-electron chi connectivity index (χ4n) is 4.56. The molecule has 168 valence electrons. The first-order valence-corrected chi connectivity index (χ1v) is 12.4. The molecule has 0 radical (unpaired) electrons. The second-order valence-corrected chi connectivity index (χ2v) is 11.3. The number of hydrogen-bond donors (Lipinski definition) is 1. The number of Topliss-reactive ketones (excluding diaryl/α,β-unsaturated/α-hetero) is 1. The number of nitrogens with zero attached hydrogens (tertiary/aromatic N) is 1. The molecule has 1 unspecified atom stereocenters. The summed E-state index contributed by atoms with van der Waals surface area (Å²) in [5, 5.41) is 5.90. The Labute approximate surface area is 197 Å². The number of rotatable bonds is 3. The molecule has 2 aliphatic rings. The minimum atomic E-state index is -3.86. The Morgan fingerprint density at radius 1 is 1.03 bits per heavy atom. The van der Waals surface area contributed by atoms with Gasteiger partial charge < -0.3 is 0 Å². The molecule has 2 N–H and O–H groups in total. The van der Waals surface area contributed by atoms with Crippen LogP contribution in [0.1, 0.15) is 44.6 Å². The second kappa shape index (κ2) is 7.99. The van der Waals surface area contributed by atoms with Crippen molar-refractivity contribution < 1.29 is 18.0 Å². The van der Waals surface area contributed by atoms with Gasteiger partial charge in [0.15, 0.2) is 5.78 Å². The molecule has 0 bridgehead atoms. The van der Waals surface area contributed by atoms with Gasteiger partial charge in [-0.25, -0.2) is 13.6 Å². The van der Waals surface area contributed by atoms with Crippen molar-refractivity contribution in [3.05, 3.63) is 69.3 Å². The van der Waals surface area contributed by atoms with E-state index in [9.17, 15) is 18.0 Å². The normalized spacial score (nSPS) is 21.0. The molecule has 2 aromatic carbocycles. The van der Waals surface area contributed by atoms with Crippen LogP contribution in [0.5, 0.6) is 0 Å². The summed E-state index contributed by atoms with van der Waals surface area (Å²) in [5.41, 5.74) is 1.97. The first-order chi connectivity index (χ1) is 14.9. The Bertz CT molecular complexity index is 1270. The topological polar surface area (TPSA) is 97.5 Å². The van der Waals surface area contributed by atoms with E-state index in [0.717, 1.165) is 0 Å². The zero-order valence-electron chi connectivity index (χ0n) is 17.6. The van der Waals surface area contributed by atoms with Gasteiger partial charge in [0.1, 0.15) is 0 Å². The zero-order chi connectivity index (χ0) is 23.4. The molecule has 9 heteroatoms. The van der Waals surface area contributed by atoms with E-state index >= 15 is 0 Å². The zero-order valence-corrected chi connectivity index (χ0v) is 19.9. The van der Waals surface area contributed by atoms with Crippen molar-refractivity contribution in [3.63, 3.8) is 0 Å². The number of benzene rings is 2. The van der Waals surface area contributed by atoms with E-state index in [1.54, 1.807) is 18.2 Å². The van der Waals surface area contributed by atoms with Gasteiger partial charge in [0.05, 0.1) is 14.9 Å². The number of ketones is 1. The summed E-state index contributed by atoms with van der Waals surface area (Å²) in [6, 6.07) is 11.0. The number of carbonyl (C=O) groups is 2. The minimum absolute atomic E-state index is 0.0315. The highest BCUT2D eigenvalue weighted by Gasteiger charge is 2.44. The minimum Gasteiger partial charge on any atom is -0.294 e. The lowest BCUT2D eigenvalue weighted by atomic mass is 9.69. The van der Waals surface area contributed by atoms with Crippen LogP contribution in [-0.2, 0) is 19.6 Å². The average Bonchev–Trinajstić information content (AvgIpc) is 2.68. The van der Waals surface area contributed by atoms with Crippen molar-refractivity contribution >= 4 is 50.6 Å². The van der Waals surface area contributed by atoms with Crippen LogP contribution in [0.2, 0.25) is 10.0 Å². The van der Waals surface area contributed by atoms with E-state index in [2.05, 4.69) is 0 Å². The van der Waals surface area contributed by atoms with Crippen molar-refractivity contribution in [2.24, 2.45) is 10.6 Å². The lowest BCUT2D eigenvalue weighted by Gasteiger charge is -2.43. The van der Waals surface area contributed by atoms with Crippen LogP contribution in [0.4, 0.5) is 5.69 Å². The van der Waals surface area contributed by atoms with Crippen LogP contribution in [0.3, 0.4) is 0 Å². The molecule has 1 atom stereocenters. The largest absolute Gasteiger partial charge is 0.294 e. The predicted octanol–water partition coefficient (Wildman–Crippen LogP) is 4.80. The molecule has 0 spiro atoms. The average molecular weight is 493 g/mol. The van der Waals surface area contributed by atoms with Crippen molar-refractivity contribution in [2.45, 2.75) is 43.9 Å². The van der Waals surface area contributed by atoms with Crippen LogP contribution in [-0.4, -0.2) is 20.1 Å². The second-order valence-electron chi connectivity index (χ2n) is 8.97. The van der Waals surface area contributed by atoms with Gasteiger partial charge in [0, 0.05) is 35.7 Å². The van der Waals surface area contributed by atoms with Gasteiger partial charge in [-0.2, -0.15) is 0 Å². The summed E-state index contributed by atoms with van der Waals surface area (Å²) in [7, 11) is -3.86. The molecular formula is C23H22Cl2N2O4S. The van der Waals surface area contributed by atoms with Gasteiger partial charge in [0.2, 0.25) is 15.9 Å². The maximum atomic E-state index is 13.4. The molecule has 0 saturated carbocycles. The van der Waals surface area contributed by atoms with Gasteiger partial charge in [-0.15, -0.1) is 0 Å². The molecule has 2 aromatic rings. The Kier molecular flexibility index (Phi) is 5.74. The van der Waals surface area contributed by atoms with E-state index < -0.39 is 15.9 Å². The van der Waals surface area contributed by atoms with Crippen LogP contribution in [0.15, 0.2) is 58.6 Å². The molecule has 1 aliphatic carbocycles. The SMILES string of the molecule is CC1(C)CC(=O)C2=C(C1)N(c1ccc(S(N)(=O)=O)cc1)C(=O)CC2c1cccc(Cl)c1Cl. The summed E-state index contributed by atoms with van der Waals surface area (Å²) in [6.45, 7) is 3.97. The van der Waals surface area contributed by atoms with Gasteiger partial charge in [0.25, 0.3) is 0 Å². The number of primary sulfonamides is 1.